The van der Waals surface area contributed by atoms with Gasteiger partial charge < -0.3 is 9.68 Å². The Morgan fingerprint density at radius 2 is 1.64 bits per heavy atom. The van der Waals surface area contributed by atoms with Crippen LogP contribution < -0.4 is 0 Å². The minimum atomic E-state index is -0.594. The lowest BCUT2D eigenvalue weighted by molar-refractivity contribution is -0.183. The van der Waals surface area contributed by atoms with Crippen molar-refractivity contribution in [2.24, 2.45) is 5.92 Å². The number of hydrogen-bond acceptors (Lipinski definition) is 6. The topological polar surface area (TPSA) is 76.2 Å². The first-order chi connectivity index (χ1) is 10.6. The fraction of sp³-hybridized carbons (Fsp3) is 0.400. The van der Waals surface area contributed by atoms with Crippen LogP contribution in [0.2, 0.25) is 0 Å². The summed E-state index contributed by atoms with van der Waals surface area (Å²) < 4.78 is 0. The van der Waals surface area contributed by atoms with Gasteiger partial charge in [0.05, 0.1) is 24.2 Å². The molecule has 22 heavy (non-hydrogen) atoms. The largest absolute Gasteiger partial charge is 0.336 e. The molecule has 0 unspecified atom stereocenters. The van der Waals surface area contributed by atoms with Crippen molar-refractivity contribution < 1.29 is 24.1 Å². The van der Waals surface area contributed by atoms with Gasteiger partial charge >= 0.3 is 5.97 Å². The second kappa shape index (κ2) is 5.86. The number of imide groups is 1. The predicted molar refractivity (Wildman–Crippen MR) is 74.3 cm³/mol. The molecule has 3 rings (SSSR count). The first kappa shape index (κ1) is 14.7. The Bertz CT molecular complexity index is 587. The van der Waals surface area contributed by atoms with Gasteiger partial charge in [-0.2, -0.15) is 5.06 Å². The van der Waals surface area contributed by atoms with E-state index < -0.39 is 17.8 Å². The molecule has 2 aliphatic heterocycles. The lowest BCUT2D eigenvalue weighted by Crippen LogP contribution is -2.40. The van der Waals surface area contributed by atoms with E-state index in [9.17, 15) is 14.4 Å². The number of carbonyl (C=O) groups is 3. The fourth-order valence-corrected chi connectivity index (χ4v) is 2.69. The van der Waals surface area contributed by atoms with Gasteiger partial charge in [0.15, 0.2) is 0 Å². The minimum absolute atomic E-state index is 0.259. The van der Waals surface area contributed by atoms with Crippen molar-refractivity contribution in [1.82, 2.24) is 10.1 Å². The second-order valence-electron chi connectivity index (χ2n) is 5.25. The molecule has 0 spiro atoms. The number of amides is 2. The number of carbonyl (C=O) groups excluding carboxylic acids is 3. The highest BCUT2D eigenvalue weighted by atomic mass is 16.7. The van der Waals surface area contributed by atoms with E-state index in [0.29, 0.717) is 31.0 Å². The smallest absolute Gasteiger partial charge is 0.329 e. The first-order valence-corrected chi connectivity index (χ1v) is 7.10. The highest BCUT2D eigenvalue weighted by Gasteiger charge is 2.40. The number of hydroxylamine groups is 4. The van der Waals surface area contributed by atoms with Crippen molar-refractivity contribution in [3.63, 3.8) is 0 Å². The maximum Gasteiger partial charge on any atom is 0.336 e. The lowest BCUT2D eigenvalue weighted by atomic mass is 9.98. The highest BCUT2D eigenvalue weighted by molar-refractivity contribution is 6.20. The van der Waals surface area contributed by atoms with Crippen LogP contribution in [-0.4, -0.2) is 48.1 Å². The average Bonchev–Trinajstić information content (AvgIpc) is 2.80. The molecule has 1 aromatic carbocycles. The van der Waals surface area contributed by atoms with Crippen molar-refractivity contribution in [3.8, 4) is 0 Å². The number of piperidine rings is 1. The third-order valence-corrected chi connectivity index (χ3v) is 3.98. The van der Waals surface area contributed by atoms with E-state index in [1.165, 1.54) is 0 Å². The molecule has 116 valence electrons. The maximum atomic E-state index is 12.2. The quantitative estimate of drug-likeness (QED) is 0.776. The third kappa shape index (κ3) is 2.49. The molecule has 7 heteroatoms. The van der Waals surface area contributed by atoms with Crippen LogP contribution in [0.4, 0.5) is 0 Å². The van der Waals surface area contributed by atoms with Crippen molar-refractivity contribution in [2.45, 2.75) is 12.8 Å². The highest BCUT2D eigenvalue weighted by Crippen LogP contribution is 2.25. The van der Waals surface area contributed by atoms with Crippen molar-refractivity contribution >= 4 is 17.8 Å². The number of hydrogen-bond donors (Lipinski definition) is 0. The monoisotopic (exact) mass is 304 g/mol. The van der Waals surface area contributed by atoms with Crippen LogP contribution >= 0.6 is 0 Å². The van der Waals surface area contributed by atoms with Gasteiger partial charge in [-0.1, -0.05) is 17.2 Å². The van der Waals surface area contributed by atoms with E-state index in [-0.39, 0.29) is 17.0 Å². The average molecular weight is 304 g/mol. The van der Waals surface area contributed by atoms with Gasteiger partial charge in [-0.25, -0.2) is 4.79 Å². The summed E-state index contributed by atoms with van der Waals surface area (Å²) in [6.45, 7) is 1.22. The second-order valence-corrected chi connectivity index (χ2v) is 5.25. The zero-order valence-corrected chi connectivity index (χ0v) is 12.2. The molecule has 2 heterocycles. The van der Waals surface area contributed by atoms with Gasteiger partial charge in [-0.15, -0.1) is 0 Å². The van der Waals surface area contributed by atoms with Gasteiger partial charge in [0.2, 0.25) is 0 Å². The zero-order valence-electron chi connectivity index (χ0n) is 12.2. The molecule has 0 radical (unpaired) electrons. The summed E-state index contributed by atoms with van der Waals surface area (Å²) in [4.78, 5) is 46.6. The molecule has 0 saturated carbocycles. The Balaban J connectivity index is 1.66. The number of fused-ring (bicyclic) bond motifs is 1. The van der Waals surface area contributed by atoms with Gasteiger partial charge in [-0.3, -0.25) is 9.59 Å². The summed E-state index contributed by atoms with van der Waals surface area (Å²) >= 11 is 0. The maximum absolute atomic E-state index is 12.2. The molecule has 2 amide bonds. The van der Waals surface area contributed by atoms with Gasteiger partial charge in [-0.05, 0) is 25.0 Å². The molecule has 1 fully saturated rings. The van der Waals surface area contributed by atoms with Crippen molar-refractivity contribution in [2.75, 3.05) is 20.2 Å². The normalized spacial score (nSPS) is 19.4. The van der Waals surface area contributed by atoms with Gasteiger partial charge in [0.25, 0.3) is 11.8 Å². The molecule has 1 saturated heterocycles. The molecule has 0 N–H and O–H groups in total. The fourth-order valence-electron chi connectivity index (χ4n) is 2.69. The van der Waals surface area contributed by atoms with Crippen molar-refractivity contribution in [3.05, 3.63) is 35.4 Å². The van der Waals surface area contributed by atoms with E-state index in [0.717, 1.165) is 0 Å². The molecule has 0 aliphatic carbocycles. The Kier molecular flexibility index (Phi) is 3.91. The van der Waals surface area contributed by atoms with Gasteiger partial charge in [0, 0.05) is 13.1 Å². The molecule has 2 aliphatic rings. The summed E-state index contributed by atoms with van der Waals surface area (Å²) in [6.07, 6.45) is 1.13. The number of nitrogens with zero attached hydrogens (tertiary/aromatic N) is 2. The molecular formula is C15H16N2O5. The molecular weight excluding hydrogens is 288 g/mol. The standard InChI is InChI=1S/C15H16N2O5/c1-21-16-8-6-10(7-9-16)15(20)22-17-13(18)11-4-2-3-5-12(11)14(17)19/h2-5,10H,6-9H2,1H3. The van der Waals surface area contributed by atoms with Crippen LogP contribution in [0.15, 0.2) is 24.3 Å². The van der Waals surface area contributed by atoms with E-state index in [1.807, 2.05) is 0 Å². The Morgan fingerprint density at radius 3 is 2.14 bits per heavy atom. The number of rotatable bonds is 3. The van der Waals surface area contributed by atoms with Crippen LogP contribution in [-0.2, 0) is 14.5 Å². The van der Waals surface area contributed by atoms with Crippen molar-refractivity contribution in [1.29, 1.82) is 0 Å². The first-order valence-electron chi connectivity index (χ1n) is 7.10. The van der Waals surface area contributed by atoms with Gasteiger partial charge in [0.1, 0.15) is 0 Å². The summed E-state index contributed by atoms with van der Waals surface area (Å²) in [5.74, 6) is -2.08. The molecule has 1 aromatic rings. The molecule has 7 nitrogen and oxygen atoms in total. The SMILES string of the molecule is CON1CCC(C(=O)ON2C(=O)c3ccccc3C2=O)CC1. The van der Waals surface area contributed by atoms with Crippen LogP contribution in [0.25, 0.3) is 0 Å². The lowest BCUT2D eigenvalue weighted by Gasteiger charge is -2.29. The number of benzene rings is 1. The Hall–Kier alpha value is -2.25. The summed E-state index contributed by atoms with van der Waals surface area (Å²) in [5, 5.41) is 2.32. The summed E-state index contributed by atoms with van der Waals surface area (Å²) in [5.41, 5.74) is 0.518. The van der Waals surface area contributed by atoms with Crippen LogP contribution in [0.3, 0.4) is 0 Å². The van der Waals surface area contributed by atoms with Crippen LogP contribution in [0.5, 0.6) is 0 Å². The third-order valence-electron chi connectivity index (χ3n) is 3.98. The van der Waals surface area contributed by atoms with E-state index in [4.69, 9.17) is 9.68 Å². The Labute approximate surface area is 127 Å². The molecule has 0 atom stereocenters. The van der Waals surface area contributed by atoms with E-state index in [2.05, 4.69) is 0 Å². The zero-order chi connectivity index (χ0) is 15.7. The van der Waals surface area contributed by atoms with E-state index >= 15 is 0 Å². The van der Waals surface area contributed by atoms with E-state index in [1.54, 1.807) is 36.4 Å². The minimum Gasteiger partial charge on any atom is -0.329 e. The summed E-state index contributed by atoms with van der Waals surface area (Å²) in [7, 11) is 1.58. The summed E-state index contributed by atoms with van der Waals surface area (Å²) in [6, 6.07) is 6.41. The van der Waals surface area contributed by atoms with Crippen LogP contribution in [0, 0.1) is 5.92 Å². The Morgan fingerprint density at radius 1 is 1.09 bits per heavy atom. The molecule has 0 aromatic heterocycles. The molecule has 0 bridgehead atoms. The van der Waals surface area contributed by atoms with Crippen LogP contribution in [0.1, 0.15) is 33.6 Å². The predicted octanol–water partition coefficient (Wildman–Crippen LogP) is 1.01.